The van der Waals surface area contributed by atoms with E-state index in [1.807, 2.05) is 30.5 Å². The number of aryl methyl sites for hydroxylation is 1. The maximum absolute atomic E-state index is 12.6. The number of imide groups is 1. The summed E-state index contributed by atoms with van der Waals surface area (Å²) in [4.78, 5) is 41.2. The number of H-pyrrole nitrogens is 1. The summed E-state index contributed by atoms with van der Waals surface area (Å²) in [5, 5.41) is 13.4. The summed E-state index contributed by atoms with van der Waals surface area (Å²) in [6, 6.07) is 19.1. The summed E-state index contributed by atoms with van der Waals surface area (Å²) in [6.07, 6.45) is 7.54. The monoisotopic (exact) mass is 715 g/mol. The zero-order chi connectivity index (χ0) is 36.6. The van der Waals surface area contributed by atoms with Gasteiger partial charge in [-0.1, -0.05) is 18.2 Å². The Bertz CT molecular complexity index is 2210. The topological polar surface area (TPSA) is 134 Å². The van der Waals surface area contributed by atoms with Crippen LogP contribution in [0.5, 0.6) is 11.5 Å². The number of ether oxygens (including phenoxy) is 2. The van der Waals surface area contributed by atoms with Gasteiger partial charge in [-0.05, 0) is 90.3 Å². The fourth-order valence-corrected chi connectivity index (χ4v) is 8.19. The highest BCUT2D eigenvalue weighted by molar-refractivity contribution is 6.01. The molecule has 2 saturated heterocycles. The second-order valence-corrected chi connectivity index (χ2v) is 14.4. The van der Waals surface area contributed by atoms with Crippen molar-refractivity contribution in [2.45, 2.75) is 57.2 Å². The number of carbonyl (C=O) groups excluding carboxylic acids is 2. The maximum atomic E-state index is 12.6. The van der Waals surface area contributed by atoms with Crippen LogP contribution >= 0.6 is 0 Å². The van der Waals surface area contributed by atoms with Gasteiger partial charge in [0.05, 0.1) is 26.0 Å². The fourth-order valence-electron chi connectivity index (χ4n) is 8.19. The van der Waals surface area contributed by atoms with E-state index >= 15 is 0 Å². The van der Waals surface area contributed by atoms with E-state index in [0.29, 0.717) is 30.8 Å². The van der Waals surface area contributed by atoms with Crippen LogP contribution in [0.1, 0.15) is 53.9 Å². The number of aromatic amines is 1. The van der Waals surface area contributed by atoms with Crippen molar-refractivity contribution in [2.24, 2.45) is 7.05 Å². The molecule has 0 spiro atoms. The first-order valence-electron chi connectivity index (χ1n) is 18.3. The van der Waals surface area contributed by atoms with Gasteiger partial charge < -0.3 is 24.3 Å². The molecule has 1 unspecified atom stereocenters. The van der Waals surface area contributed by atoms with E-state index in [1.54, 1.807) is 32.0 Å². The molecule has 3 N–H and O–H groups in total. The Morgan fingerprint density at radius 3 is 2.36 bits per heavy atom. The molecule has 0 saturated carbocycles. The van der Waals surface area contributed by atoms with Crippen molar-refractivity contribution in [2.75, 3.05) is 44.1 Å². The van der Waals surface area contributed by atoms with E-state index in [1.165, 1.54) is 22.4 Å². The molecule has 5 heterocycles. The highest BCUT2D eigenvalue weighted by Crippen LogP contribution is 2.39. The molecule has 12 heteroatoms. The third kappa shape index (κ3) is 6.86. The summed E-state index contributed by atoms with van der Waals surface area (Å²) in [5.41, 5.74) is 9.39. The predicted octanol–water partition coefficient (Wildman–Crippen LogP) is 5.11. The second-order valence-electron chi connectivity index (χ2n) is 14.4. The van der Waals surface area contributed by atoms with Gasteiger partial charge in [-0.3, -0.25) is 29.7 Å². The number of carbonyl (C=O) groups is 2. The van der Waals surface area contributed by atoms with Gasteiger partial charge in [-0.2, -0.15) is 5.10 Å². The van der Waals surface area contributed by atoms with Crippen molar-refractivity contribution >= 4 is 34.1 Å². The van der Waals surface area contributed by atoms with Crippen LogP contribution in [0.15, 0.2) is 71.8 Å². The van der Waals surface area contributed by atoms with Crippen molar-refractivity contribution in [3.05, 3.63) is 99.6 Å². The molecule has 3 aliphatic heterocycles. The number of hydrogen-bond donors (Lipinski definition) is 3. The van der Waals surface area contributed by atoms with E-state index in [4.69, 9.17) is 9.47 Å². The Morgan fingerprint density at radius 2 is 1.64 bits per heavy atom. The molecule has 53 heavy (non-hydrogen) atoms. The minimum Gasteiger partial charge on any atom is -0.496 e. The largest absolute Gasteiger partial charge is 0.496 e. The van der Waals surface area contributed by atoms with Crippen LogP contribution in [-0.2, 0) is 36.1 Å². The van der Waals surface area contributed by atoms with E-state index in [2.05, 4.69) is 61.0 Å². The molecule has 8 rings (SSSR count). The number of rotatable bonds is 9. The molecule has 3 aliphatic rings. The summed E-state index contributed by atoms with van der Waals surface area (Å²) in [6.45, 7) is 4.47. The zero-order valence-corrected chi connectivity index (χ0v) is 30.4. The molecular weight excluding hydrogens is 670 g/mol. The lowest BCUT2D eigenvalue weighted by atomic mass is 9.89. The first-order valence-corrected chi connectivity index (χ1v) is 18.3. The van der Waals surface area contributed by atoms with Crippen LogP contribution in [0.25, 0.3) is 22.0 Å². The number of amides is 2. The molecule has 274 valence electrons. The normalized spacial score (nSPS) is 18.2. The Balaban J connectivity index is 0.903. The third-order valence-electron chi connectivity index (χ3n) is 11.2. The van der Waals surface area contributed by atoms with Gasteiger partial charge in [0.1, 0.15) is 23.1 Å². The van der Waals surface area contributed by atoms with Gasteiger partial charge in [-0.15, -0.1) is 0 Å². The van der Waals surface area contributed by atoms with Crippen LogP contribution in [-0.4, -0.2) is 71.4 Å². The van der Waals surface area contributed by atoms with Crippen molar-refractivity contribution in [1.82, 2.24) is 25.0 Å². The van der Waals surface area contributed by atoms with Crippen molar-refractivity contribution in [1.29, 1.82) is 0 Å². The number of methoxy groups -OCH3 is 2. The summed E-state index contributed by atoms with van der Waals surface area (Å²) in [7, 11) is 5.11. The average Bonchev–Trinajstić information content (AvgIpc) is 3.68. The van der Waals surface area contributed by atoms with Crippen LogP contribution in [0, 0.1) is 0 Å². The first kappa shape index (κ1) is 34.5. The second kappa shape index (κ2) is 14.4. The molecule has 2 amide bonds. The summed E-state index contributed by atoms with van der Waals surface area (Å²) in [5.74, 6) is 1.53. The van der Waals surface area contributed by atoms with Gasteiger partial charge in [0.15, 0.2) is 0 Å². The Morgan fingerprint density at radius 1 is 0.887 bits per heavy atom. The Kier molecular flexibility index (Phi) is 9.38. The fraction of sp³-hybridized carbons (Fsp3) is 0.366. The first-order chi connectivity index (χ1) is 25.8. The quantitative estimate of drug-likeness (QED) is 0.178. The van der Waals surface area contributed by atoms with Gasteiger partial charge in [0, 0.05) is 74.7 Å². The standard InChI is InChI=1S/C41H45N7O5/c1-46-23-33(32-21-42-45-39(32)41(46)51)29-19-36(52-2)34(37(20-29)53-3)24-47-15-12-27-18-31(9-6-28(27)22-47)48-16-13-26(14-17-48)25-4-7-30(8-5-25)43-35-10-11-38(49)44-40(35)50/h4-9,18-21,23,26,35,43H,10-17,22,24H2,1-3H3,(H,42,45)(H,44,49,50). The number of nitrogens with one attached hydrogen (secondary N) is 3. The Labute approximate surface area is 308 Å². The van der Waals surface area contributed by atoms with Crippen LogP contribution in [0.3, 0.4) is 0 Å². The van der Waals surface area contributed by atoms with Crippen LogP contribution in [0.2, 0.25) is 0 Å². The molecule has 1 atom stereocenters. The van der Waals surface area contributed by atoms with Crippen molar-refractivity contribution in [3.8, 4) is 22.6 Å². The molecule has 2 fully saturated rings. The smallest absolute Gasteiger partial charge is 0.276 e. The molecule has 0 bridgehead atoms. The summed E-state index contributed by atoms with van der Waals surface area (Å²) >= 11 is 0. The minimum atomic E-state index is -0.374. The number of pyridine rings is 1. The lowest BCUT2D eigenvalue weighted by molar-refractivity contribution is -0.133. The van der Waals surface area contributed by atoms with Crippen LogP contribution in [0.4, 0.5) is 11.4 Å². The van der Waals surface area contributed by atoms with E-state index in [-0.39, 0.29) is 23.4 Å². The Hall–Kier alpha value is -5.62. The van der Waals surface area contributed by atoms with Crippen molar-refractivity contribution < 1.29 is 19.1 Å². The van der Waals surface area contributed by atoms with E-state index < -0.39 is 0 Å². The third-order valence-corrected chi connectivity index (χ3v) is 11.2. The number of piperidine rings is 2. The maximum Gasteiger partial charge on any atom is 0.276 e. The number of anilines is 2. The van der Waals surface area contributed by atoms with Gasteiger partial charge in [0.2, 0.25) is 11.8 Å². The minimum absolute atomic E-state index is 0.124. The SMILES string of the molecule is COc1cc(-c2cn(C)c(=O)c3[nH]ncc23)cc(OC)c1CN1CCc2cc(N3CCC(c4ccc(NC5CCC(=O)NC5=O)cc4)CC3)ccc2C1. The molecule has 5 aromatic rings. The number of nitrogens with zero attached hydrogens (tertiary/aromatic N) is 4. The highest BCUT2D eigenvalue weighted by atomic mass is 16.5. The number of hydrogen-bond acceptors (Lipinski definition) is 9. The number of benzene rings is 3. The van der Waals surface area contributed by atoms with Crippen molar-refractivity contribution in [3.63, 3.8) is 0 Å². The van der Waals surface area contributed by atoms with Gasteiger partial charge >= 0.3 is 0 Å². The zero-order valence-electron chi connectivity index (χ0n) is 30.4. The molecule has 0 aliphatic carbocycles. The van der Waals surface area contributed by atoms with Crippen LogP contribution < -0.4 is 30.6 Å². The molecule has 2 aromatic heterocycles. The molecular formula is C41H45N7O5. The number of aromatic nitrogens is 3. The van der Waals surface area contributed by atoms with E-state index in [0.717, 1.165) is 84.7 Å². The lowest BCUT2D eigenvalue weighted by Gasteiger charge is -2.35. The molecule has 3 aromatic carbocycles. The van der Waals surface area contributed by atoms with Gasteiger partial charge in [-0.25, -0.2) is 0 Å². The average molecular weight is 716 g/mol. The van der Waals surface area contributed by atoms with E-state index in [9.17, 15) is 14.4 Å². The predicted molar refractivity (Wildman–Crippen MR) is 205 cm³/mol. The van der Waals surface area contributed by atoms with Gasteiger partial charge in [0.25, 0.3) is 5.56 Å². The lowest BCUT2D eigenvalue weighted by Crippen LogP contribution is -2.47. The summed E-state index contributed by atoms with van der Waals surface area (Å²) < 4.78 is 13.4. The highest BCUT2D eigenvalue weighted by Gasteiger charge is 2.27. The molecule has 12 nitrogen and oxygen atoms in total. The number of fused-ring (bicyclic) bond motifs is 2. The molecule has 0 radical (unpaired) electrons.